The van der Waals surface area contributed by atoms with E-state index in [4.69, 9.17) is 16.3 Å². The van der Waals surface area contributed by atoms with Gasteiger partial charge in [0.2, 0.25) is 5.91 Å². The second kappa shape index (κ2) is 11.3. The number of rotatable bonds is 5. The molecule has 2 heterocycles. The molecule has 0 spiro atoms. The van der Waals surface area contributed by atoms with Crippen molar-refractivity contribution in [3.8, 4) is 11.3 Å². The molecule has 4 rings (SSSR count). The highest BCUT2D eigenvalue weighted by Crippen LogP contribution is 2.39. The van der Waals surface area contributed by atoms with Crippen molar-refractivity contribution in [2.75, 3.05) is 11.4 Å². The fourth-order valence-corrected chi connectivity index (χ4v) is 5.64. The molecule has 4 atom stereocenters. The number of nitrogens with zero attached hydrogens (tertiary/aromatic N) is 2. The zero-order valence-corrected chi connectivity index (χ0v) is 22.6. The highest BCUT2D eigenvalue weighted by Gasteiger charge is 2.42. The molecule has 196 valence electrons. The van der Waals surface area contributed by atoms with Crippen LogP contribution in [0, 0.1) is 5.92 Å². The summed E-state index contributed by atoms with van der Waals surface area (Å²) in [6, 6.07) is 16.6. The van der Waals surface area contributed by atoms with Gasteiger partial charge in [0, 0.05) is 16.0 Å². The minimum absolute atomic E-state index is 0.126. The minimum atomic E-state index is -1.19. The van der Waals surface area contributed by atoms with Crippen LogP contribution in [0.3, 0.4) is 0 Å². The maximum absolute atomic E-state index is 14.1. The first-order valence-corrected chi connectivity index (χ1v) is 13.4. The number of anilines is 1. The molecule has 0 aliphatic carbocycles. The van der Waals surface area contributed by atoms with Gasteiger partial charge in [0.05, 0.1) is 36.8 Å². The predicted octanol–water partition coefficient (Wildman–Crippen LogP) is 5.05. The molecular weight excluding hydrogens is 512 g/mol. The number of carbonyl (C=O) groups is 2. The van der Waals surface area contributed by atoms with E-state index >= 15 is 0 Å². The Kier molecular flexibility index (Phi) is 8.33. The molecule has 1 fully saturated rings. The molecule has 7 nitrogen and oxygen atoms in total. The number of hydrogen-bond donors (Lipinski definition) is 2. The van der Waals surface area contributed by atoms with Crippen molar-refractivity contribution in [2.24, 2.45) is 5.92 Å². The predicted molar refractivity (Wildman–Crippen MR) is 145 cm³/mol. The molecule has 1 aromatic heterocycles. The summed E-state index contributed by atoms with van der Waals surface area (Å²) in [5.74, 6) is -2.20. The lowest BCUT2D eigenvalue weighted by molar-refractivity contribution is -0.157. The molecule has 4 unspecified atom stereocenters. The highest BCUT2D eigenvalue weighted by atomic mass is 35.5. The van der Waals surface area contributed by atoms with Crippen molar-refractivity contribution in [2.45, 2.75) is 57.3 Å². The van der Waals surface area contributed by atoms with Gasteiger partial charge in [-0.05, 0) is 44.7 Å². The quantitative estimate of drug-likeness (QED) is 0.437. The Labute approximate surface area is 225 Å². The summed E-state index contributed by atoms with van der Waals surface area (Å²) in [4.78, 5) is 33.1. The number of esters is 1. The fourth-order valence-electron chi connectivity index (χ4n) is 4.57. The van der Waals surface area contributed by atoms with Gasteiger partial charge in [-0.3, -0.25) is 14.5 Å². The van der Waals surface area contributed by atoms with Gasteiger partial charge >= 0.3 is 5.97 Å². The van der Waals surface area contributed by atoms with E-state index < -0.39 is 35.6 Å². The number of carbonyl (C=O) groups excluding carboxylic acids is 2. The average Bonchev–Trinajstić information content (AvgIpc) is 3.32. The Morgan fingerprint density at radius 3 is 2.46 bits per heavy atom. The van der Waals surface area contributed by atoms with E-state index in [0.29, 0.717) is 15.8 Å². The second-order valence-corrected chi connectivity index (χ2v) is 11.5. The fraction of sp³-hybridized carbons (Fsp3) is 0.393. The number of hydrogen-bond acceptors (Lipinski definition) is 7. The van der Waals surface area contributed by atoms with Crippen molar-refractivity contribution >= 4 is 39.9 Å². The van der Waals surface area contributed by atoms with Gasteiger partial charge < -0.3 is 14.9 Å². The zero-order chi connectivity index (χ0) is 26.7. The van der Waals surface area contributed by atoms with Crippen LogP contribution < -0.4 is 4.90 Å². The summed E-state index contributed by atoms with van der Waals surface area (Å²) in [6.45, 7) is 5.18. The lowest BCUT2D eigenvalue weighted by Gasteiger charge is -2.37. The van der Waals surface area contributed by atoms with Gasteiger partial charge in [0.25, 0.3) is 0 Å². The molecule has 0 bridgehead atoms. The first kappa shape index (κ1) is 27.3. The minimum Gasteiger partial charge on any atom is -0.460 e. The van der Waals surface area contributed by atoms with Gasteiger partial charge in [-0.2, -0.15) is 0 Å². The Bertz CT molecular complexity index is 1240. The van der Waals surface area contributed by atoms with E-state index in [9.17, 15) is 19.8 Å². The van der Waals surface area contributed by atoms with Crippen molar-refractivity contribution < 1.29 is 24.5 Å². The Morgan fingerprint density at radius 1 is 1.11 bits per heavy atom. The Hall–Kier alpha value is -2.78. The molecule has 2 aromatic carbocycles. The molecule has 0 radical (unpaired) electrons. The number of benzene rings is 2. The molecular formula is C28H31ClN2O5S. The number of aliphatic hydroxyl groups excluding tert-OH is 2. The third-order valence-electron chi connectivity index (χ3n) is 6.29. The van der Waals surface area contributed by atoms with Gasteiger partial charge in [-0.25, -0.2) is 4.98 Å². The Morgan fingerprint density at radius 2 is 1.78 bits per heavy atom. The maximum atomic E-state index is 14.1. The van der Waals surface area contributed by atoms with Crippen LogP contribution >= 0.6 is 22.9 Å². The summed E-state index contributed by atoms with van der Waals surface area (Å²) >= 11 is 7.59. The van der Waals surface area contributed by atoms with E-state index in [-0.39, 0.29) is 25.3 Å². The largest absolute Gasteiger partial charge is 0.460 e. The van der Waals surface area contributed by atoms with Crippen LogP contribution in [-0.2, 0) is 14.3 Å². The van der Waals surface area contributed by atoms with Crippen LogP contribution in [-0.4, -0.2) is 51.4 Å². The number of halogens is 1. The van der Waals surface area contributed by atoms with Crippen LogP contribution in [0.15, 0.2) is 60.0 Å². The van der Waals surface area contributed by atoms with Crippen LogP contribution in [0.4, 0.5) is 5.13 Å². The number of ether oxygens (including phenoxy) is 1. The molecule has 0 saturated carbocycles. The third-order valence-corrected chi connectivity index (χ3v) is 7.48. The van der Waals surface area contributed by atoms with Gasteiger partial charge in [-0.15, -0.1) is 11.3 Å². The second-order valence-electron chi connectivity index (χ2n) is 10.2. The van der Waals surface area contributed by atoms with E-state index in [1.807, 2.05) is 48.5 Å². The SMILES string of the molecule is CC(C)(C)OC(=O)CC1C(=O)N(c2nc(-c3ccccc3Cl)cs2)CC(O)C(O)CC1c1ccccc1. The Balaban J connectivity index is 1.74. The van der Waals surface area contributed by atoms with Gasteiger partial charge in [0.1, 0.15) is 5.60 Å². The normalized spacial score (nSPS) is 22.9. The van der Waals surface area contributed by atoms with Crippen LogP contribution in [0.2, 0.25) is 5.02 Å². The summed E-state index contributed by atoms with van der Waals surface area (Å²) < 4.78 is 5.56. The first-order chi connectivity index (χ1) is 17.5. The summed E-state index contributed by atoms with van der Waals surface area (Å²) in [5.41, 5.74) is 1.41. The molecule has 2 N–H and O–H groups in total. The smallest absolute Gasteiger partial charge is 0.307 e. The molecule has 1 aliphatic rings. The summed E-state index contributed by atoms with van der Waals surface area (Å²) in [5, 5.41) is 24.4. The number of β-amino-alcohol motifs (C(OH)–C–C–N with tert-alkyl or cyclic N) is 1. The zero-order valence-electron chi connectivity index (χ0n) is 21.0. The lowest BCUT2D eigenvalue weighted by atomic mass is 9.77. The molecule has 1 amide bonds. The number of aromatic nitrogens is 1. The standard InChI is InChI=1S/C28H31ClN2O5S/c1-28(2,3)36-25(34)14-20-19(17-9-5-4-6-10-17)13-23(32)24(33)15-31(26(20)35)27-30-22(16-37-27)18-11-7-8-12-21(18)29/h4-12,16,19-20,23-24,32-33H,13-15H2,1-3H3. The van der Waals surface area contributed by atoms with Crippen LogP contribution in [0.1, 0.15) is 45.1 Å². The van der Waals surface area contributed by atoms with Crippen molar-refractivity contribution in [3.63, 3.8) is 0 Å². The monoisotopic (exact) mass is 542 g/mol. The molecule has 1 saturated heterocycles. The van der Waals surface area contributed by atoms with Crippen molar-refractivity contribution in [1.29, 1.82) is 0 Å². The van der Waals surface area contributed by atoms with Crippen LogP contribution in [0.25, 0.3) is 11.3 Å². The summed E-state index contributed by atoms with van der Waals surface area (Å²) in [7, 11) is 0. The summed E-state index contributed by atoms with van der Waals surface area (Å²) in [6.07, 6.45) is -2.34. The van der Waals surface area contributed by atoms with E-state index in [0.717, 1.165) is 11.1 Å². The number of aliphatic hydroxyl groups is 2. The topological polar surface area (TPSA) is 100.0 Å². The first-order valence-electron chi connectivity index (χ1n) is 12.2. The molecule has 1 aliphatic heterocycles. The van der Waals surface area contributed by atoms with Crippen LogP contribution in [0.5, 0.6) is 0 Å². The third kappa shape index (κ3) is 6.57. The van der Waals surface area contributed by atoms with Crippen molar-refractivity contribution in [3.05, 3.63) is 70.6 Å². The van der Waals surface area contributed by atoms with Crippen molar-refractivity contribution in [1.82, 2.24) is 4.98 Å². The van der Waals surface area contributed by atoms with E-state index in [1.165, 1.54) is 16.2 Å². The van der Waals surface area contributed by atoms with Gasteiger partial charge in [0.15, 0.2) is 5.13 Å². The van der Waals surface area contributed by atoms with E-state index in [1.54, 1.807) is 32.2 Å². The lowest BCUT2D eigenvalue weighted by Crippen LogP contribution is -2.50. The molecule has 37 heavy (non-hydrogen) atoms. The maximum Gasteiger partial charge on any atom is 0.307 e. The number of amides is 1. The average molecular weight is 543 g/mol. The molecule has 9 heteroatoms. The van der Waals surface area contributed by atoms with Gasteiger partial charge in [-0.1, -0.05) is 60.1 Å². The highest BCUT2D eigenvalue weighted by molar-refractivity contribution is 7.14. The van der Waals surface area contributed by atoms with E-state index in [2.05, 4.69) is 4.98 Å². The number of thiazole rings is 1. The molecule has 3 aromatic rings.